The molecule has 2 rings (SSSR count). The summed E-state index contributed by atoms with van der Waals surface area (Å²) >= 11 is 5.78. The molecular weight excluding hydrogens is 264 g/mol. The lowest BCUT2D eigenvalue weighted by Gasteiger charge is -2.38. The molecule has 19 heavy (non-hydrogen) atoms. The summed E-state index contributed by atoms with van der Waals surface area (Å²) in [4.78, 5) is 14.2. The largest absolute Gasteiger partial charge is 0.507 e. The molecule has 0 aliphatic carbocycles. The third-order valence-electron chi connectivity index (χ3n) is 3.70. The Hall–Kier alpha value is -1.26. The van der Waals surface area contributed by atoms with Crippen molar-refractivity contribution in [1.29, 1.82) is 0 Å². The average Bonchev–Trinajstić information content (AvgIpc) is 2.37. The van der Waals surface area contributed by atoms with Gasteiger partial charge in [-0.3, -0.25) is 4.79 Å². The van der Waals surface area contributed by atoms with Crippen LogP contribution in [-0.2, 0) is 0 Å². The van der Waals surface area contributed by atoms with E-state index in [0.717, 1.165) is 12.8 Å². The summed E-state index contributed by atoms with van der Waals surface area (Å²) < 4.78 is 0. The molecule has 0 bridgehead atoms. The van der Waals surface area contributed by atoms with Crippen molar-refractivity contribution in [3.8, 4) is 5.75 Å². The van der Waals surface area contributed by atoms with E-state index in [4.69, 9.17) is 17.3 Å². The number of rotatable bonds is 2. The lowest BCUT2D eigenvalue weighted by molar-refractivity contribution is 0.0570. The number of benzene rings is 1. The van der Waals surface area contributed by atoms with Gasteiger partial charge < -0.3 is 15.7 Å². The molecule has 0 spiro atoms. The van der Waals surface area contributed by atoms with E-state index in [2.05, 4.69) is 6.92 Å². The molecule has 0 aromatic heterocycles. The molecule has 1 aromatic carbocycles. The number of hydrogen-bond donors (Lipinski definition) is 2. The molecule has 1 aliphatic heterocycles. The Morgan fingerprint density at radius 3 is 2.95 bits per heavy atom. The van der Waals surface area contributed by atoms with Gasteiger partial charge in [-0.1, -0.05) is 18.5 Å². The minimum Gasteiger partial charge on any atom is -0.507 e. The van der Waals surface area contributed by atoms with E-state index in [1.54, 1.807) is 17.0 Å². The van der Waals surface area contributed by atoms with Gasteiger partial charge in [0, 0.05) is 24.2 Å². The van der Waals surface area contributed by atoms with Crippen molar-refractivity contribution in [2.75, 3.05) is 13.1 Å². The van der Waals surface area contributed by atoms with Crippen LogP contribution in [0.25, 0.3) is 0 Å². The Morgan fingerprint density at radius 1 is 1.58 bits per heavy atom. The van der Waals surface area contributed by atoms with Crippen LogP contribution in [0.5, 0.6) is 5.75 Å². The maximum Gasteiger partial charge on any atom is 0.257 e. The van der Waals surface area contributed by atoms with E-state index in [9.17, 15) is 9.90 Å². The second-order valence-corrected chi connectivity index (χ2v) is 5.62. The first-order valence-electron chi connectivity index (χ1n) is 6.52. The van der Waals surface area contributed by atoms with Crippen molar-refractivity contribution in [3.63, 3.8) is 0 Å². The van der Waals surface area contributed by atoms with Gasteiger partial charge in [0.05, 0.1) is 5.56 Å². The van der Waals surface area contributed by atoms with Gasteiger partial charge in [0.15, 0.2) is 0 Å². The van der Waals surface area contributed by atoms with Gasteiger partial charge in [0.2, 0.25) is 0 Å². The predicted octanol–water partition coefficient (Wildman–Crippen LogP) is 2.25. The molecule has 1 aliphatic rings. The number of nitrogens with two attached hydrogens (primary N) is 1. The fourth-order valence-electron chi connectivity index (χ4n) is 2.58. The smallest absolute Gasteiger partial charge is 0.257 e. The molecule has 4 nitrogen and oxygen atoms in total. The summed E-state index contributed by atoms with van der Waals surface area (Å²) in [7, 11) is 0. The highest BCUT2D eigenvalue weighted by atomic mass is 35.5. The lowest BCUT2D eigenvalue weighted by Crippen LogP contribution is -2.49. The summed E-state index contributed by atoms with van der Waals surface area (Å²) in [6.07, 6.45) is 1.88. The van der Waals surface area contributed by atoms with Crippen molar-refractivity contribution >= 4 is 17.5 Å². The zero-order valence-corrected chi connectivity index (χ0v) is 11.7. The molecule has 1 aromatic rings. The first kappa shape index (κ1) is 14.2. The fraction of sp³-hybridized carbons (Fsp3) is 0.500. The highest BCUT2D eigenvalue weighted by Crippen LogP contribution is 2.27. The van der Waals surface area contributed by atoms with Gasteiger partial charge in [-0.15, -0.1) is 0 Å². The first-order valence-corrected chi connectivity index (χ1v) is 6.90. The zero-order chi connectivity index (χ0) is 14.0. The number of phenols is 1. The van der Waals surface area contributed by atoms with Gasteiger partial charge >= 0.3 is 0 Å². The molecule has 2 unspecified atom stereocenters. The number of piperidine rings is 1. The van der Waals surface area contributed by atoms with E-state index in [-0.39, 0.29) is 23.3 Å². The standard InChI is InChI=1S/C14H19ClN2O2/c1-9-4-5-17(11(6-9)8-16)14(19)12-3-2-10(15)7-13(12)18/h2-3,7,9,11,18H,4-6,8,16H2,1H3. The third kappa shape index (κ3) is 3.01. The number of nitrogens with zero attached hydrogens (tertiary/aromatic N) is 1. The molecule has 0 saturated carbocycles. The van der Waals surface area contributed by atoms with Crippen LogP contribution in [0.3, 0.4) is 0 Å². The number of carbonyl (C=O) groups excluding carboxylic acids is 1. The van der Waals surface area contributed by atoms with Crippen LogP contribution < -0.4 is 5.73 Å². The molecule has 0 radical (unpaired) electrons. The minimum absolute atomic E-state index is 0.0475. The molecule has 1 heterocycles. The van der Waals surface area contributed by atoms with E-state index in [0.29, 0.717) is 24.0 Å². The van der Waals surface area contributed by atoms with Crippen molar-refractivity contribution in [1.82, 2.24) is 4.90 Å². The Bertz CT molecular complexity index is 479. The summed E-state index contributed by atoms with van der Waals surface area (Å²) in [6.45, 7) is 3.30. The van der Waals surface area contributed by atoms with Crippen LogP contribution in [0.15, 0.2) is 18.2 Å². The predicted molar refractivity (Wildman–Crippen MR) is 75.4 cm³/mol. The number of likely N-dealkylation sites (tertiary alicyclic amines) is 1. The maximum atomic E-state index is 12.5. The van der Waals surface area contributed by atoms with Gasteiger partial charge in [0.25, 0.3) is 5.91 Å². The normalized spacial score (nSPS) is 23.4. The number of amides is 1. The molecule has 104 valence electrons. The van der Waals surface area contributed by atoms with Crippen molar-refractivity contribution in [2.24, 2.45) is 11.7 Å². The van der Waals surface area contributed by atoms with E-state index < -0.39 is 0 Å². The van der Waals surface area contributed by atoms with Crippen LogP contribution in [0.4, 0.5) is 0 Å². The Balaban J connectivity index is 2.22. The maximum absolute atomic E-state index is 12.5. The molecular formula is C14H19ClN2O2. The van der Waals surface area contributed by atoms with Crippen LogP contribution in [-0.4, -0.2) is 35.0 Å². The van der Waals surface area contributed by atoms with Crippen molar-refractivity contribution in [2.45, 2.75) is 25.8 Å². The Kier molecular flexibility index (Phi) is 4.32. The number of carbonyl (C=O) groups is 1. The van der Waals surface area contributed by atoms with Crippen LogP contribution in [0, 0.1) is 5.92 Å². The van der Waals surface area contributed by atoms with Crippen molar-refractivity contribution in [3.05, 3.63) is 28.8 Å². The Morgan fingerprint density at radius 2 is 2.32 bits per heavy atom. The number of hydrogen-bond acceptors (Lipinski definition) is 3. The highest BCUT2D eigenvalue weighted by Gasteiger charge is 2.30. The number of phenolic OH excluding ortho intramolecular Hbond substituents is 1. The third-order valence-corrected chi connectivity index (χ3v) is 3.94. The monoisotopic (exact) mass is 282 g/mol. The number of aromatic hydroxyl groups is 1. The van der Waals surface area contributed by atoms with E-state index in [1.807, 2.05) is 0 Å². The molecule has 1 saturated heterocycles. The molecule has 3 N–H and O–H groups in total. The second kappa shape index (κ2) is 5.80. The van der Waals surface area contributed by atoms with E-state index >= 15 is 0 Å². The van der Waals surface area contributed by atoms with Crippen molar-refractivity contribution < 1.29 is 9.90 Å². The first-order chi connectivity index (χ1) is 9.02. The second-order valence-electron chi connectivity index (χ2n) is 5.18. The number of halogens is 1. The summed E-state index contributed by atoms with van der Waals surface area (Å²) in [5.41, 5.74) is 6.05. The molecule has 1 amide bonds. The summed E-state index contributed by atoms with van der Waals surface area (Å²) in [5.74, 6) is 0.333. The summed E-state index contributed by atoms with van der Waals surface area (Å²) in [5, 5.41) is 10.3. The van der Waals surface area contributed by atoms with Gasteiger partial charge in [-0.05, 0) is 37.0 Å². The zero-order valence-electron chi connectivity index (χ0n) is 11.0. The SMILES string of the molecule is CC1CCN(C(=O)c2ccc(Cl)cc2O)C(CN)C1. The average molecular weight is 283 g/mol. The topological polar surface area (TPSA) is 66.6 Å². The van der Waals surface area contributed by atoms with Gasteiger partial charge in [-0.25, -0.2) is 0 Å². The van der Waals surface area contributed by atoms with Crippen LogP contribution in [0.1, 0.15) is 30.1 Å². The van der Waals surface area contributed by atoms with Crippen LogP contribution in [0.2, 0.25) is 5.02 Å². The lowest BCUT2D eigenvalue weighted by atomic mass is 9.92. The van der Waals surface area contributed by atoms with Crippen LogP contribution >= 0.6 is 11.6 Å². The molecule has 5 heteroatoms. The fourth-order valence-corrected chi connectivity index (χ4v) is 2.75. The highest BCUT2D eigenvalue weighted by molar-refractivity contribution is 6.30. The van der Waals surface area contributed by atoms with E-state index in [1.165, 1.54) is 6.07 Å². The quantitative estimate of drug-likeness (QED) is 0.874. The Labute approximate surface area is 118 Å². The molecule has 1 fully saturated rings. The van der Waals surface area contributed by atoms with Gasteiger partial charge in [0.1, 0.15) is 5.75 Å². The molecule has 2 atom stereocenters. The summed E-state index contributed by atoms with van der Waals surface area (Å²) in [6, 6.07) is 4.61. The van der Waals surface area contributed by atoms with Gasteiger partial charge in [-0.2, -0.15) is 0 Å². The minimum atomic E-state index is -0.170.